The molecule has 21 heavy (non-hydrogen) atoms. The summed E-state index contributed by atoms with van der Waals surface area (Å²) in [4.78, 5) is 0. The Bertz CT molecular complexity index is 536. The van der Waals surface area contributed by atoms with Crippen LogP contribution in [0.3, 0.4) is 0 Å². The van der Waals surface area contributed by atoms with E-state index in [9.17, 15) is 0 Å². The van der Waals surface area contributed by atoms with Crippen LogP contribution < -0.4 is 0 Å². The van der Waals surface area contributed by atoms with Crippen LogP contribution in [0.5, 0.6) is 0 Å². The third kappa shape index (κ3) is 1.74. The highest BCUT2D eigenvalue weighted by Crippen LogP contribution is 2.65. The molecule has 4 aliphatic rings. The fourth-order valence-corrected chi connectivity index (χ4v) is 6.34. The zero-order valence-electron chi connectivity index (χ0n) is 14.0. The normalized spacial score (nSPS) is 52.0. The number of allylic oxidation sites excluding steroid dienone is 5. The third-order valence-corrected chi connectivity index (χ3v) is 8.11. The predicted octanol–water partition coefficient (Wildman–Crippen LogP) is 5.92. The van der Waals surface area contributed by atoms with Gasteiger partial charge in [0.25, 0.3) is 0 Å². The van der Waals surface area contributed by atoms with Gasteiger partial charge in [0, 0.05) is 0 Å². The first-order chi connectivity index (χ1) is 9.95. The van der Waals surface area contributed by atoms with E-state index in [4.69, 9.17) is 0 Å². The van der Waals surface area contributed by atoms with Gasteiger partial charge in [-0.15, -0.1) is 0 Å². The molecule has 4 aliphatic carbocycles. The molecule has 0 spiro atoms. The fourth-order valence-electron chi connectivity index (χ4n) is 6.34. The average Bonchev–Trinajstić information content (AvgIpc) is 2.76. The fraction of sp³-hybridized carbons (Fsp3) is 0.714. The molecule has 0 radical (unpaired) electrons. The first-order valence-corrected chi connectivity index (χ1v) is 9.03. The van der Waals surface area contributed by atoms with Crippen LogP contribution in [-0.2, 0) is 0 Å². The van der Waals surface area contributed by atoms with Crippen LogP contribution in [-0.4, -0.2) is 0 Å². The Balaban J connectivity index is 1.75. The third-order valence-electron chi connectivity index (χ3n) is 8.11. The summed E-state index contributed by atoms with van der Waals surface area (Å²) in [6.07, 6.45) is 15.8. The lowest BCUT2D eigenvalue weighted by molar-refractivity contribution is -0.0103. The Morgan fingerprint density at radius 2 is 1.90 bits per heavy atom. The number of hydrogen-bond donors (Lipinski definition) is 0. The molecular formula is C21H30. The van der Waals surface area contributed by atoms with Gasteiger partial charge >= 0.3 is 0 Å². The quantitative estimate of drug-likeness (QED) is 0.517. The lowest BCUT2D eigenvalue weighted by atomic mass is 9.48. The van der Waals surface area contributed by atoms with Crippen molar-refractivity contribution in [1.29, 1.82) is 0 Å². The number of hydrogen-bond acceptors (Lipinski definition) is 0. The highest BCUT2D eigenvalue weighted by Gasteiger charge is 2.56. The van der Waals surface area contributed by atoms with E-state index in [1.165, 1.54) is 44.1 Å². The van der Waals surface area contributed by atoms with Crippen molar-refractivity contribution in [1.82, 2.24) is 0 Å². The summed E-state index contributed by atoms with van der Waals surface area (Å²) >= 11 is 0. The van der Waals surface area contributed by atoms with Crippen LogP contribution in [0.15, 0.2) is 36.0 Å². The molecule has 6 unspecified atom stereocenters. The molecule has 0 N–H and O–H groups in total. The molecule has 0 aromatic carbocycles. The van der Waals surface area contributed by atoms with Crippen LogP contribution >= 0.6 is 0 Å². The van der Waals surface area contributed by atoms with E-state index in [0.29, 0.717) is 10.8 Å². The van der Waals surface area contributed by atoms with Gasteiger partial charge in [-0.3, -0.25) is 0 Å². The molecule has 0 amide bonds. The average molecular weight is 282 g/mol. The van der Waals surface area contributed by atoms with Crippen LogP contribution in [0.4, 0.5) is 0 Å². The van der Waals surface area contributed by atoms with Crippen LogP contribution in [0, 0.1) is 34.5 Å². The van der Waals surface area contributed by atoms with E-state index in [1.54, 1.807) is 5.57 Å². The molecule has 0 aromatic heterocycles. The molecule has 2 fully saturated rings. The van der Waals surface area contributed by atoms with Gasteiger partial charge in [0.2, 0.25) is 0 Å². The maximum atomic E-state index is 4.20. The summed E-state index contributed by atoms with van der Waals surface area (Å²) in [5.41, 5.74) is 3.95. The van der Waals surface area contributed by atoms with Crippen molar-refractivity contribution in [3.63, 3.8) is 0 Å². The summed E-state index contributed by atoms with van der Waals surface area (Å²) in [5, 5.41) is 0. The molecule has 0 bridgehead atoms. The van der Waals surface area contributed by atoms with E-state index < -0.39 is 0 Å². The molecular weight excluding hydrogens is 252 g/mol. The van der Waals surface area contributed by atoms with Crippen LogP contribution in [0.2, 0.25) is 0 Å². The monoisotopic (exact) mass is 282 g/mol. The second kappa shape index (κ2) is 4.37. The van der Waals surface area contributed by atoms with Gasteiger partial charge in [-0.25, -0.2) is 0 Å². The lowest BCUT2D eigenvalue weighted by Crippen LogP contribution is -2.48. The minimum Gasteiger partial charge on any atom is -0.0958 e. The van der Waals surface area contributed by atoms with Crippen molar-refractivity contribution in [2.75, 3.05) is 0 Å². The SMILES string of the molecule is C=C1C=C2C=CC3C(CCC4(C)C(C)CCC34)C2(C)CC1. The first-order valence-electron chi connectivity index (χ1n) is 9.03. The van der Waals surface area contributed by atoms with Crippen LogP contribution in [0.1, 0.15) is 59.3 Å². The van der Waals surface area contributed by atoms with Crippen LogP contribution in [0.25, 0.3) is 0 Å². The van der Waals surface area contributed by atoms with E-state index in [2.05, 4.69) is 45.6 Å². The Morgan fingerprint density at radius 1 is 1.10 bits per heavy atom. The van der Waals surface area contributed by atoms with E-state index in [1.807, 2.05) is 0 Å². The number of fused-ring (bicyclic) bond motifs is 5. The zero-order chi connectivity index (χ0) is 14.8. The lowest BCUT2D eigenvalue weighted by Gasteiger charge is -2.56. The van der Waals surface area contributed by atoms with Gasteiger partial charge in [0.15, 0.2) is 0 Å². The van der Waals surface area contributed by atoms with Gasteiger partial charge in [-0.2, -0.15) is 0 Å². The maximum Gasteiger partial charge on any atom is -0.00382 e. The largest absolute Gasteiger partial charge is 0.0958 e. The van der Waals surface area contributed by atoms with E-state index in [0.717, 1.165) is 23.7 Å². The standard InChI is InChI=1S/C21H30/c1-14-9-11-21(4)16(13-14)6-7-17-18-8-5-15(2)20(18,3)12-10-19(17)21/h6-7,13,15,17-19H,1,5,8-12H2,2-4H3. The molecule has 114 valence electrons. The highest BCUT2D eigenvalue weighted by molar-refractivity contribution is 5.41. The Morgan fingerprint density at radius 3 is 2.71 bits per heavy atom. The van der Waals surface area contributed by atoms with Gasteiger partial charge < -0.3 is 0 Å². The van der Waals surface area contributed by atoms with E-state index >= 15 is 0 Å². The van der Waals surface area contributed by atoms with Gasteiger partial charge in [0.05, 0.1) is 0 Å². The van der Waals surface area contributed by atoms with Gasteiger partial charge in [-0.1, -0.05) is 51.2 Å². The molecule has 0 aliphatic heterocycles. The van der Waals surface area contributed by atoms with Crippen molar-refractivity contribution in [2.45, 2.75) is 59.3 Å². The summed E-state index contributed by atoms with van der Waals surface area (Å²) in [7, 11) is 0. The van der Waals surface area contributed by atoms with Crippen molar-refractivity contribution < 1.29 is 0 Å². The number of rotatable bonds is 0. The topological polar surface area (TPSA) is 0 Å². The summed E-state index contributed by atoms with van der Waals surface area (Å²) in [5.74, 6) is 3.58. The molecule has 4 rings (SSSR count). The summed E-state index contributed by atoms with van der Waals surface area (Å²) in [6, 6.07) is 0. The second-order valence-corrected chi connectivity index (χ2v) is 8.85. The molecule has 2 saturated carbocycles. The molecule has 0 heterocycles. The zero-order valence-corrected chi connectivity index (χ0v) is 14.0. The molecule has 0 aromatic rings. The summed E-state index contributed by atoms with van der Waals surface area (Å²) < 4.78 is 0. The maximum absolute atomic E-state index is 4.20. The molecule has 0 heteroatoms. The van der Waals surface area contributed by atoms with E-state index in [-0.39, 0.29) is 0 Å². The minimum atomic E-state index is 0.424. The Kier molecular flexibility index (Phi) is 2.88. The molecule has 0 saturated heterocycles. The van der Waals surface area contributed by atoms with Crippen molar-refractivity contribution in [2.24, 2.45) is 34.5 Å². The predicted molar refractivity (Wildman–Crippen MR) is 89.9 cm³/mol. The second-order valence-electron chi connectivity index (χ2n) is 8.85. The van der Waals surface area contributed by atoms with Crippen molar-refractivity contribution >= 4 is 0 Å². The van der Waals surface area contributed by atoms with Crippen molar-refractivity contribution in [3.8, 4) is 0 Å². The highest BCUT2D eigenvalue weighted by atomic mass is 14.6. The Labute approximate surface area is 130 Å². The minimum absolute atomic E-state index is 0.424. The smallest absolute Gasteiger partial charge is 0.00382 e. The van der Waals surface area contributed by atoms with Crippen molar-refractivity contribution in [3.05, 3.63) is 36.0 Å². The molecule has 0 nitrogen and oxygen atoms in total. The van der Waals surface area contributed by atoms with Gasteiger partial charge in [-0.05, 0) is 78.6 Å². The first kappa shape index (κ1) is 13.9. The molecule has 6 atom stereocenters. The Hall–Kier alpha value is -0.780. The summed E-state index contributed by atoms with van der Waals surface area (Å²) in [6.45, 7) is 11.9. The van der Waals surface area contributed by atoms with Gasteiger partial charge in [0.1, 0.15) is 0 Å².